The van der Waals surface area contributed by atoms with E-state index in [4.69, 9.17) is 21.1 Å². The van der Waals surface area contributed by atoms with E-state index in [0.29, 0.717) is 28.8 Å². The van der Waals surface area contributed by atoms with Crippen molar-refractivity contribution in [1.29, 1.82) is 0 Å². The molecule has 32 heavy (non-hydrogen) atoms. The van der Waals surface area contributed by atoms with Crippen molar-refractivity contribution in [3.8, 4) is 0 Å². The van der Waals surface area contributed by atoms with Crippen LogP contribution in [0.25, 0.3) is 0 Å². The van der Waals surface area contributed by atoms with Crippen LogP contribution in [-0.2, 0) is 28.7 Å². The second-order valence-electron chi connectivity index (χ2n) is 9.35. The third-order valence-corrected chi connectivity index (χ3v) is 7.62. The van der Waals surface area contributed by atoms with Crippen molar-refractivity contribution in [3.63, 3.8) is 0 Å². The molecule has 172 valence electrons. The van der Waals surface area contributed by atoms with Gasteiger partial charge in [-0.25, -0.2) is 0 Å². The predicted molar refractivity (Wildman–Crippen MR) is 119 cm³/mol. The van der Waals surface area contributed by atoms with E-state index in [2.05, 4.69) is 18.2 Å². The van der Waals surface area contributed by atoms with Gasteiger partial charge in [-0.1, -0.05) is 41.9 Å². The summed E-state index contributed by atoms with van der Waals surface area (Å²) in [6.07, 6.45) is -3.16. The van der Waals surface area contributed by atoms with Crippen LogP contribution >= 0.6 is 11.6 Å². The van der Waals surface area contributed by atoms with Crippen molar-refractivity contribution >= 4 is 11.6 Å². The molecule has 2 fully saturated rings. The SMILES string of the molecule is OC[C@H]1OC(c2ccc(Cl)c(Cc3ccc4c(c3)CC3COCC3C4)c2)[C@H](O)[C@@H](O)[C@@H]1O. The van der Waals surface area contributed by atoms with Gasteiger partial charge in [-0.05, 0) is 65.0 Å². The lowest BCUT2D eigenvalue weighted by atomic mass is 9.77. The van der Waals surface area contributed by atoms with Crippen LogP contribution in [0.1, 0.15) is 33.9 Å². The summed E-state index contributed by atoms with van der Waals surface area (Å²) in [4.78, 5) is 0. The molecule has 0 amide bonds. The molecule has 0 bridgehead atoms. The molecule has 0 saturated carbocycles. The molecule has 1 aliphatic carbocycles. The summed E-state index contributed by atoms with van der Waals surface area (Å²) in [5, 5.41) is 40.7. The summed E-state index contributed by atoms with van der Waals surface area (Å²) in [6, 6.07) is 12.0. The van der Waals surface area contributed by atoms with Crippen LogP contribution in [-0.4, -0.2) is 64.7 Å². The van der Waals surface area contributed by atoms with Gasteiger partial charge in [0.15, 0.2) is 0 Å². The number of hydrogen-bond donors (Lipinski definition) is 4. The highest BCUT2D eigenvalue weighted by molar-refractivity contribution is 6.31. The van der Waals surface area contributed by atoms with Gasteiger partial charge in [0.2, 0.25) is 0 Å². The third-order valence-electron chi connectivity index (χ3n) is 7.25. The van der Waals surface area contributed by atoms with Gasteiger partial charge in [0.05, 0.1) is 19.8 Å². The van der Waals surface area contributed by atoms with Crippen LogP contribution < -0.4 is 0 Å². The summed E-state index contributed by atoms with van der Waals surface area (Å²) in [5.41, 5.74) is 5.48. The third kappa shape index (κ3) is 4.10. The summed E-state index contributed by atoms with van der Waals surface area (Å²) >= 11 is 6.50. The summed E-state index contributed by atoms with van der Waals surface area (Å²) in [6.45, 7) is 1.26. The fraction of sp³-hybridized carbons (Fsp3) is 0.520. The maximum atomic E-state index is 10.5. The first-order chi connectivity index (χ1) is 15.4. The number of ether oxygens (including phenoxy) is 2. The van der Waals surface area contributed by atoms with E-state index in [0.717, 1.165) is 37.2 Å². The minimum absolute atomic E-state index is 0.454. The molecule has 4 N–H and O–H groups in total. The van der Waals surface area contributed by atoms with E-state index in [1.165, 1.54) is 11.1 Å². The second-order valence-corrected chi connectivity index (χ2v) is 9.75. The van der Waals surface area contributed by atoms with Gasteiger partial charge in [0.1, 0.15) is 30.5 Å². The number of hydrogen-bond acceptors (Lipinski definition) is 6. The number of benzene rings is 2. The molecule has 7 heteroatoms. The molecular weight excluding hydrogens is 432 g/mol. The summed E-state index contributed by atoms with van der Waals surface area (Å²) in [7, 11) is 0. The minimum atomic E-state index is -1.41. The predicted octanol–water partition coefficient (Wildman–Crippen LogP) is 1.81. The molecule has 2 heterocycles. The van der Waals surface area contributed by atoms with Gasteiger partial charge in [0.25, 0.3) is 0 Å². The zero-order valence-corrected chi connectivity index (χ0v) is 18.5. The molecule has 7 atom stereocenters. The van der Waals surface area contributed by atoms with E-state index < -0.39 is 37.1 Å². The Morgan fingerprint density at radius 3 is 2.38 bits per heavy atom. The smallest absolute Gasteiger partial charge is 0.113 e. The highest BCUT2D eigenvalue weighted by Crippen LogP contribution is 2.37. The van der Waals surface area contributed by atoms with E-state index >= 15 is 0 Å². The Bertz CT molecular complexity index is 979. The lowest BCUT2D eigenvalue weighted by molar-refractivity contribution is -0.231. The Morgan fingerprint density at radius 2 is 1.62 bits per heavy atom. The molecule has 0 spiro atoms. The van der Waals surface area contributed by atoms with Crippen molar-refractivity contribution in [2.45, 2.75) is 49.8 Å². The van der Waals surface area contributed by atoms with Crippen LogP contribution in [0.2, 0.25) is 5.02 Å². The first kappa shape index (κ1) is 22.3. The zero-order valence-electron chi connectivity index (χ0n) is 17.7. The first-order valence-electron chi connectivity index (χ1n) is 11.2. The average molecular weight is 461 g/mol. The molecule has 5 rings (SSSR count). The maximum absolute atomic E-state index is 10.5. The van der Waals surface area contributed by atoms with Crippen LogP contribution in [0.4, 0.5) is 0 Å². The molecule has 2 saturated heterocycles. The largest absolute Gasteiger partial charge is 0.394 e. The van der Waals surface area contributed by atoms with Gasteiger partial charge >= 0.3 is 0 Å². The standard InChI is InChI=1S/C25H29ClO6/c26-20-4-3-15(25-24(30)23(29)22(28)21(10-27)32-25)8-17(20)6-13-1-2-14-7-18-11-31-12-19(18)9-16(14)5-13/h1-5,8,18-19,21-25,27-30H,6-7,9-12H2/t18?,19?,21-,22-,23+,24-,25?/m1/s1. The first-order valence-corrected chi connectivity index (χ1v) is 11.6. The van der Waals surface area contributed by atoms with Gasteiger partial charge < -0.3 is 29.9 Å². The highest BCUT2D eigenvalue weighted by Gasteiger charge is 2.44. The van der Waals surface area contributed by atoms with E-state index in [1.807, 2.05) is 6.07 Å². The minimum Gasteiger partial charge on any atom is -0.394 e. The Labute approximate surface area is 192 Å². The van der Waals surface area contributed by atoms with Crippen LogP contribution in [0, 0.1) is 11.8 Å². The summed E-state index contributed by atoms with van der Waals surface area (Å²) in [5.74, 6) is 1.24. The van der Waals surface area contributed by atoms with Gasteiger partial charge in [-0.15, -0.1) is 0 Å². The molecule has 2 aliphatic heterocycles. The molecule has 6 nitrogen and oxygen atoms in total. The molecular formula is C25H29ClO6. The lowest BCUT2D eigenvalue weighted by Crippen LogP contribution is -2.55. The van der Waals surface area contributed by atoms with Crippen molar-refractivity contribution in [3.05, 3.63) is 69.2 Å². The quantitative estimate of drug-likeness (QED) is 0.555. The molecule has 0 aromatic heterocycles. The van der Waals surface area contributed by atoms with Crippen molar-refractivity contribution in [2.75, 3.05) is 19.8 Å². The highest BCUT2D eigenvalue weighted by atomic mass is 35.5. The Kier molecular flexibility index (Phi) is 6.29. The normalized spacial score (nSPS) is 34.2. The Balaban J connectivity index is 1.38. The van der Waals surface area contributed by atoms with Crippen molar-refractivity contribution in [1.82, 2.24) is 0 Å². The lowest BCUT2D eigenvalue weighted by Gasteiger charge is -2.40. The van der Waals surface area contributed by atoms with Crippen LogP contribution in [0.15, 0.2) is 36.4 Å². The average Bonchev–Trinajstić information content (AvgIpc) is 3.25. The number of halogens is 1. The Hall–Kier alpha value is -1.51. The fourth-order valence-electron chi connectivity index (χ4n) is 5.34. The molecule has 3 unspecified atom stereocenters. The second kappa shape index (κ2) is 9.03. The van der Waals surface area contributed by atoms with Gasteiger partial charge in [-0.2, -0.15) is 0 Å². The zero-order chi connectivity index (χ0) is 22.4. The van der Waals surface area contributed by atoms with Gasteiger partial charge in [-0.3, -0.25) is 0 Å². The Morgan fingerprint density at radius 1 is 0.875 bits per heavy atom. The summed E-state index contributed by atoms with van der Waals surface area (Å²) < 4.78 is 11.4. The van der Waals surface area contributed by atoms with Crippen molar-refractivity contribution in [2.24, 2.45) is 11.8 Å². The molecule has 0 radical (unpaired) electrons. The van der Waals surface area contributed by atoms with Crippen molar-refractivity contribution < 1.29 is 29.9 Å². The number of aliphatic hydroxyl groups excluding tert-OH is 4. The van der Waals surface area contributed by atoms with Gasteiger partial charge in [0, 0.05) is 5.02 Å². The van der Waals surface area contributed by atoms with E-state index in [9.17, 15) is 20.4 Å². The number of rotatable bonds is 4. The fourth-order valence-corrected chi connectivity index (χ4v) is 5.53. The monoisotopic (exact) mass is 460 g/mol. The topological polar surface area (TPSA) is 99.4 Å². The molecule has 2 aromatic rings. The van der Waals surface area contributed by atoms with E-state index in [-0.39, 0.29) is 0 Å². The van der Waals surface area contributed by atoms with Crippen LogP contribution in [0.5, 0.6) is 0 Å². The maximum Gasteiger partial charge on any atom is 0.113 e. The number of aliphatic hydroxyl groups is 4. The molecule has 2 aromatic carbocycles. The van der Waals surface area contributed by atoms with Crippen LogP contribution in [0.3, 0.4) is 0 Å². The van der Waals surface area contributed by atoms with E-state index in [1.54, 1.807) is 12.1 Å². The molecule has 3 aliphatic rings. The number of fused-ring (bicyclic) bond motifs is 2.